The van der Waals surface area contributed by atoms with Crippen molar-refractivity contribution in [3.63, 3.8) is 0 Å². The monoisotopic (exact) mass is 478 g/mol. The fourth-order valence-electron chi connectivity index (χ4n) is 3.65. The minimum Gasteiger partial charge on any atom is -0.858 e. The number of rotatable bonds is 4. The molecule has 0 spiro atoms. The van der Waals surface area contributed by atoms with Crippen LogP contribution in [0.15, 0.2) is 119 Å². The van der Waals surface area contributed by atoms with Crippen LogP contribution in [0.4, 0.5) is 11.4 Å². The number of hydrogen-bond acceptors (Lipinski definition) is 4. The standard InChI is InChI=1S/C28H20N2O2.Zn/c31-27(23-15-13-19-7-1-3-9-21(19)17-23)29-25-11-5-6-12-26(25)30-28(32)24-16-14-20-8-2-4-10-22(20)18-24;/h1-18H,(H,29,31)(H,30,32);/q;+2/p-2. The first-order valence-corrected chi connectivity index (χ1v) is 10.3. The van der Waals surface area contributed by atoms with Gasteiger partial charge in [0.1, 0.15) is 0 Å². The van der Waals surface area contributed by atoms with Gasteiger partial charge in [-0.2, -0.15) is 0 Å². The number of aliphatic imine (C=N–C) groups is 2. The quantitative estimate of drug-likeness (QED) is 0.210. The van der Waals surface area contributed by atoms with Crippen molar-refractivity contribution in [1.29, 1.82) is 0 Å². The molecule has 0 fully saturated rings. The van der Waals surface area contributed by atoms with Gasteiger partial charge in [0.05, 0.1) is 11.4 Å². The molecular weight excluding hydrogens is 462 g/mol. The van der Waals surface area contributed by atoms with E-state index in [9.17, 15) is 10.2 Å². The van der Waals surface area contributed by atoms with Crippen LogP contribution >= 0.6 is 0 Å². The second-order valence-corrected chi connectivity index (χ2v) is 7.45. The first-order valence-electron chi connectivity index (χ1n) is 10.3. The summed E-state index contributed by atoms with van der Waals surface area (Å²) < 4.78 is 0. The van der Waals surface area contributed by atoms with Gasteiger partial charge in [0.2, 0.25) is 0 Å². The molecular formula is C28H18N2O2Zn. The van der Waals surface area contributed by atoms with E-state index in [4.69, 9.17) is 0 Å². The van der Waals surface area contributed by atoms with Crippen molar-refractivity contribution < 1.29 is 29.7 Å². The van der Waals surface area contributed by atoms with E-state index in [-0.39, 0.29) is 31.3 Å². The molecule has 0 radical (unpaired) electrons. The van der Waals surface area contributed by atoms with Gasteiger partial charge in [-0.3, -0.25) is 9.98 Å². The second kappa shape index (κ2) is 9.76. The summed E-state index contributed by atoms with van der Waals surface area (Å²) >= 11 is 0. The van der Waals surface area contributed by atoms with Crippen molar-refractivity contribution in [2.24, 2.45) is 9.98 Å². The molecule has 0 N–H and O–H groups in total. The van der Waals surface area contributed by atoms with Gasteiger partial charge in [0, 0.05) is 0 Å². The summed E-state index contributed by atoms with van der Waals surface area (Å²) in [6, 6.07) is 33.5. The number of fused-ring (bicyclic) bond motifs is 2. The Kier molecular flexibility index (Phi) is 6.62. The van der Waals surface area contributed by atoms with E-state index < -0.39 is 0 Å². The SMILES string of the molecule is [O-]C(=Nc1ccccc1N=C([O-])c1ccc2ccccc2c1)c1ccc2ccccc2c1.[Zn+2]. The average molecular weight is 480 g/mol. The van der Waals surface area contributed by atoms with Crippen LogP contribution in [-0.2, 0) is 19.5 Å². The number of para-hydroxylation sites is 2. The van der Waals surface area contributed by atoms with E-state index >= 15 is 0 Å². The van der Waals surface area contributed by atoms with E-state index in [1.165, 1.54) is 0 Å². The topological polar surface area (TPSA) is 70.8 Å². The molecule has 5 rings (SSSR count). The number of benzene rings is 5. The van der Waals surface area contributed by atoms with E-state index in [1.54, 1.807) is 36.4 Å². The zero-order chi connectivity index (χ0) is 21.9. The Bertz CT molecular complexity index is 1390. The van der Waals surface area contributed by atoms with Gasteiger partial charge in [0.25, 0.3) is 0 Å². The molecule has 5 aromatic carbocycles. The maximum absolute atomic E-state index is 12.8. The number of hydrogen-bond donors (Lipinski definition) is 0. The van der Waals surface area contributed by atoms with Gasteiger partial charge in [-0.05, 0) is 68.7 Å². The maximum atomic E-state index is 12.8. The van der Waals surface area contributed by atoms with Gasteiger partial charge in [-0.1, -0.05) is 84.9 Å². The van der Waals surface area contributed by atoms with Crippen LogP contribution in [0.1, 0.15) is 11.1 Å². The predicted octanol–water partition coefficient (Wildman–Crippen LogP) is 4.87. The van der Waals surface area contributed by atoms with Crippen LogP contribution < -0.4 is 10.2 Å². The van der Waals surface area contributed by atoms with Gasteiger partial charge in [0.15, 0.2) is 0 Å². The van der Waals surface area contributed by atoms with Gasteiger partial charge in [-0.15, -0.1) is 0 Å². The van der Waals surface area contributed by atoms with Crippen LogP contribution in [-0.4, -0.2) is 11.8 Å². The molecule has 154 valence electrons. The molecule has 5 aromatic rings. The molecule has 0 unspecified atom stereocenters. The molecule has 0 heterocycles. The smallest absolute Gasteiger partial charge is 0.858 e. The predicted molar refractivity (Wildman–Crippen MR) is 127 cm³/mol. The van der Waals surface area contributed by atoms with Crippen LogP contribution in [0.25, 0.3) is 21.5 Å². The van der Waals surface area contributed by atoms with Gasteiger partial charge >= 0.3 is 19.5 Å². The third-order valence-corrected chi connectivity index (χ3v) is 5.32. The fourth-order valence-corrected chi connectivity index (χ4v) is 3.65. The summed E-state index contributed by atoms with van der Waals surface area (Å²) in [6.45, 7) is 0. The van der Waals surface area contributed by atoms with E-state index in [2.05, 4.69) is 9.98 Å². The molecule has 4 nitrogen and oxygen atoms in total. The van der Waals surface area contributed by atoms with E-state index in [1.807, 2.05) is 72.8 Å². The Morgan fingerprint density at radius 2 is 0.818 bits per heavy atom. The Hall–Kier alpha value is -3.82. The minimum atomic E-state index is -0.378. The van der Waals surface area contributed by atoms with Crippen molar-refractivity contribution in [1.82, 2.24) is 0 Å². The maximum Gasteiger partial charge on any atom is 2.00 e. The summed E-state index contributed by atoms with van der Waals surface area (Å²) in [5.41, 5.74) is 1.69. The summed E-state index contributed by atoms with van der Waals surface area (Å²) in [4.78, 5) is 8.50. The normalized spacial score (nSPS) is 12.0. The third kappa shape index (κ3) is 4.84. The van der Waals surface area contributed by atoms with Gasteiger partial charge in [-0.25, -0.2) is 0 Å². The van der Waals surface area contributed by atoms with Crippen LogP contribution in [0, 0.1) is 0 Å². The average Bonchev–Trinajstić information content (AvgIpc) is 2.84. The molecule has 0 saturated carbocycles. The van der Waals surface area contributed by atoms with Gasteiger partial charge < -0.3 is 10.2 Å². The summed E-state index contributed by atoms with van der Waals surface area (Å²) in [5.74, 6) is -0.756. The summed E-state index contributed by atoms with van der Waals surface area (Å²) in [5, 5.41) is 29.7. The number of nitrogens with zero attached hydrogens (tertiary/aromatic N) is 2. The Morgan fingerprint density at radius 1 is 0.455 bits per heavy atom. The molecule has 5 heteroatoms. The molecule has 0 aliphatic heterocycles. The molecule has 0 aromatic heterocycles. The summed E-state index contributed by atoms with van der Waals surface area (Å²) in [7, 11) is 0. The molecule has 0 amide bonds. The summed E-state index contributed by atoms with van der Waals surface area (Å²) in [6.07, 6.45) is 0. The Labute approximate surface area is 204 Å². The van der Waals surface area contributed by atoms with E-state index in [0.717, 1.165) is 21.5 Å². The molecule has 0 saturated heterocycles. The third-order valence-electron chi connectivity index (χ3n) is 5.32. The van der Waals surface area contributed by atoms with Crippen molar-refractivity contribution in [2.75, 3.05) is 0 Å². The first kappa shape index (κ1) is 22.4. The molecule has 33 heavy (non-hydrogen) atoms. The zero-order valence-electron chi connectivity index (χ0n) is 17.8. The molecule has 0 bridgehead atoms. The van der Waals surface area contributed by atoms with Crippen LogP contribution in [0.2, 0.25) is 0 Å². The van der Waals surface area contributed by atoms with Crippen molar-refractivity contribution >= 4 is 44.7 Å². The second-order valence-electron chi connectivity index (χ2n) is 7.45. The Balaban J connectivity index is 0.00000259. The first-order chi connectivity index (χ1) is 15.7. The zero-order valence-corrected chi connectivity index (χ0v) is 20.8. The van der Waals surface area contributed by atoms with Crippen molar-refractivity contribution in [3.8, 4) is 0 Å². The van der Waals surface area contributed by atoms with Crippen LogP contribution in [0.5, 0.6) is 0 Å². The Morgan fingerprint density at radius 3 is 1.24 bits per heavy atom. The van der Waals surface area contributed by atoms with Crippen molar-refractivity contribution in [3.05, 3.63) is 120 Å². The fraction of sp³-hybridized carbons (Fsp3) is 0. The molecule has 0 aliphatic rings. The minimum absolute atomic E-state index is 0. The van der Waals surface area contributed by atoms with Crippen LogP contribution in [0.3, 0.4) is 0 Å². The molecule has 0 aliphatic carbocycles. The largest absolute Gasteiger partial charge is 2.00 e. The molecule has 0 atom stereocenters. The van der Waals surface area contributed by atoms with Crippen molar-refractivity contribution in [2.45, 2.75) is 0 Å². The van der Waals surface area contributed by atoms with E-state index in [0.29, 0.717) is 22.5 Å².